The predicted octanol–water partition coefficient (Wildman–Crippen LogP) is 3.10. The third-order valence-corrected chi connectivity index (χ3v) is 5.36. The average Bonchev–Trinajstić information content (AvgIpc) is 3.04. The SMILES string of the molecule is Cc1cccc(C(=O)N2CCN(c3nc4ccc(F)cc4s3)CC2)n1. The number of hydrogen-bond acceptors (Lipinski definition) is 5. The summed E-state index contributed by atoms with van der Waals surface area (Å²) < 4.78 is 14.2. The van der Waals surface area contributed by atoms with E-state index >= 15 is 0 Å². The molecule has 5 nitrogen and oxygen atoms in total. The molecule has 7 heteroatoms. The van der Waals surface area contributed by atoms with E-state index in [-0.39, 0.29) is 11.7 Å². The van der Waals surface area contributed by atoms with E-state index in [0.717, 1.165) is 21.0 Å². The Bertz CT molecular complexity index is 934. The lowest BCUT2D eigenvalue weighted by atomic mass is 10.2. The van der Waals surface area contributed by atoms with Crippen LogP contribution < -0.4 is 4.90 Å². The van der Waals surface area contributed by atoms with Gasteiger partial charge in [-0.15, -0.1) is 0 Å². The highest BCUT2D eigenvalue weighted by atomic mass is 32.1. The van der Waals surface area contributed by atoms with Gasteiger partial charge in [0.05, 0.1) is 10.2 Å². The molecule has 2 aromatic heterocycles. The van der Waals surface area contributed by atoms with Crippen LogP contribution in [0, 0.1) is 12.7 Å². The van der Waals surface area contributed by atoms with Crippen molar-refractivity contribution in [1.29, 1.82) is 0 Å². The van der Waals surface area contributed by atoms with Crippen molar-refractivity contribution in [2.75, 3.05) is 31.1 Å². The maximum Gasteiger partial charge on any atom is 0.272 e. The standard InChI is InChI=1S/C18H17FN4OS/c1-12-3-2-4-15(20-12)17(24)22-7-9-23(10-8-22)18-21-14-6-5-13(19)11-16(14)25-18/h2-6,11H,7-10H2,1H3. The first-order chi connectivity index (χ1) is 12.1. The molecule has 0 saturated carbocycles. The zero-order valence-corrected chi connectivity index (χ0v) is 14.6. The molecule has 25 heavy (non-hydrogen) atoms. The van der Waals surface area contributed by atoms with Gasteiger partial charge in [-0.3, -0.25) is 4.79 Å². The predicted molar refractivity (Wildman–Crippen MR) is 96.7 cm³/mol. The summed E-state index contributed by atoms with van der Waals surface area (Å²) in [6.07, 6.45) is 0. The molecular formula is C18H17FN4OS. The summed E-state index contributed by atoms with van der Waals surface area (Å²) >= 11 is 1.48. The van der Waals surface area contributed by atoms with E-state index in [4.69, 9.17) is 0 Å². The second kappa shape index (κ2) is 6.40. The van der Waals surface area contributed by atoms with Crippen LogP contribution in [0.3, 0.4) is 0 Å². The Balaban J connectivity index is 1.46. The second-order valence-corrected chi connectivity index (χ2v) is 7.06. The number of aromatic nitrogens is 2. The molecule has 128 valence electrons. The second-order valence-electron chi connectivity index (χ2n) is 6.05. The van der Waals surface area contributed by atoms with Crippen LogP contribution >= 0.6 is 11.3 Å². The van der Waals surface area contributed by atoms with Crippen LogP contribution in [-0.4, -0.2) is 47.0 Å². The van der Waals surface area contributed by atoms with E-state index in [9.17, 15) is 9.18 Å². The lowest BCUT2D eigenvalue weighted by Gasteiger charge is -2.34. The highest BCUT2D eigenvalue weighted by Gasteiger charge is 2.24. The van der Waals surface area contributed by atoms with E-state index in [0.29, 0.717) is 31.9 Å². The van der Waals surface area contributed by atoms with Gasteiger partial charge in [-0.25, -0.2) is 14.4 Å². The van der Waals surface area contributed by atoms with Crippen molar-refractivity contribution >= 4 is 32.6 Å². The number of piperazine rings is 1. The molecule has 0 N–H and O–H groups in total. The quantitative estimate of drug-likeness (QED) is 0.708. The van der Waals surface area contributed by atoms with Crippen LogP contribution in [-0.2, 0) is 0 Å². The minimum atomic E-state index is -0.247. The van der Waals surface area contributed by atoms with Crippen LogP contribution in [0.15, 0.2) is 36.4 Å². The van der Waals surface area contributed by atoms with Gasteiger partial charge in [0.25, 0.3) is 5.91 Å². The zero-order chi connectivity index (χ0) is 17.4. The number of nitrogens with zero attached hydrogens (tertiary/aromatic N) is 4. The van der Waals surface area contributed by atoms with Crippen LogP contribution in [0.25, 0.3) is 10.2 Å². The topological polar surface area (TPSA) is 49.3 Å². The Morgan fingerprint density at radius 2 is 1.92 bits per heavy atom. The van der Waals surface area contributed by atoms with Crippen molar-refractivity contribution in [3.8, 4) is 0 Å². The van der Waals surface area contributed by atoms with Crippen molar-refractivity contribution in [3.63, 3.8) is 0 Å². The minimum Gasteiger partial charge on any atom is -0.345 e. The van der Waals surface area contributed by atoms with Crippen molar-refractivity contribution in [3.05, 3.63) is 53.6 Å². The van der Waals surface area contributed by atoms with Crippen LogP contribution in [0.2, 0.25) is 0 Å². The van der Waals surface area contributed by atoms with Gasteiger partial charge in [-0.2, -0.15) is 0 Å². The molecule has 3 aromatic rings. The van der Waals surface area contributed by atoms with Crippen LogP contribution in [0.1, 0.15) is 16.2 Å². The van der Waals surface area contributed by atoms with Gasteiger partial charge >= 0.3 is 0 Å². The summed E-state index contributed by atoms with van der Waals surface area (Å²) in [6.45, 7) is 4.54. The molecule has 1 aliphatic rings. The molecule has 0 atom stereocenters. The number of thiazole rings is 1. The van der Waals surface area contributed by atoms with Gasteiger partial charge in [0, 0.05) is 31.9 Å². The highest BCUT2D eigenvalue weighted by molar-refractivity contribution is 7.22. The van der Waals surface area contributed by atoms with E-state index < -0.39 is 0 Å². The van der Waals surface area contributed by atoms with Gasteiger partial charge in [-0.05, 0) is 37.3 Å². The number of anilines is 1. The molecule has 0 aliphatic carbocycles. The molecule has 0 unspecified atom stereocenters. The molecule has 0 spiro atoms. The first kappa shape index (κ1) is 16.0. The van der Waals surface area contributed by atoms with E-state index in [1.807, 2.05) is 24.0 Å². The number of halogens is 1. The molecule has 3 heterocycles. The summed E-state index contributed by atoms with van der Waals surface area (Å²) in [5.74, 6) is -0.279. The monoisotopic (exact) mass is 356 g/mol. The van der Waals surface area contributed by atoms with Crippen LogP contribution in [0.5, 0.6) is 0 Å². The number of pyridine rings is 1. The minimum absolute atomic E-state index is 0.0327. The fraction of sp³-hybridized carbons (Fsp3) is 0.278. The largest absolute Gasteiger partial charge is 0.345 e. The number of carbonyl (C=O) groups is 1. The molecule has 0 bridgehead atoms. The Morgan fingerprint density at radius 1 is 1.12 bits per heavy atom. The maximum atomic E-state index is 13.3. The Labute approximate surface area is 148 Å². The molecule has 1 fully saturated rings. The summed E-state index contributed by atoms with van der Waals surface area (Å²) in [6, 6.07) is 10.1. The average molecular weight is 356 g/mol. The van der Waals surface area contributed by atoms with E-state index in [1.165, 1.54) is 23.5 Å². The number of hydrogen-bond donors (Lipinski definition) is 0. The van der Waals surface area contributed by atoms with Gasteiger partial charge in [-0.1, -0.05) is 17.4 Å². The summed E-state index contributed by atoms with van der Waals surface area (Å²) in [7, 11) is 0. The van der Waals surface area contributed by atoms with Crippen LogP contribution in [0.4, 0.5) is 9.52 Å². The van der Waals surface area contributed by atoms with E-state index in [1.54, 1.807) is 12.1 Å². The zero-order valence-electron chi connectivity index (χ0n) is 13.8. The summed E-state index contributed by atoms with van der Waals surface area (Å²) in [5, 5.41) is 0.876. The summed E-state index contributed by atoms with van der Waals surface area (Å²) in [5.41, 5.74) is 2.14. The lowest BCUT2D eigenvalue weighted by molar-refractivity contribution is 0.0740. The molecule has 4 rings (SSSR count). The van der Waals surface area contributed by atoms with Crippen molar-refractivity contribution in [1.82, 2.24) is 14.9 Å². The third kappa shape index (κ3) is 3.19. The van der Waals surface area contributed by atoms with Crippen molar-refractivity contribution in [2.45, 2.75) is 6.92 Å². The number of carbonyl (C=O) groups excluding carboxylic acids is 1. The Morgan fingerprint density at radius 3 is 2.68 bits per heavy atom. The lowest BCUT2D eigenvalue weighted by Crippen LogP contribution is -2.49. The maximum absolute atomic E-state index is 13.3. The molecule has 0 radical (unpaired) electrons. The first-order valence-corrected chi connectivity index (χ1v) is 8.96. The van der Waals surface area contributed by atoms with Crippen molar-refractivity contribution in [2.24, 2.45) is 0 Å². The molecular weight excluding hydrogens is 339 g/mol. The van der Waals surface area contributed by atoms with Gasteiger partial charge in [0.15, 0.2) is 5.13 Å². The number of amides is 1. The normalized spacial score (nSPS) is 15.0. The van der Waals surface area contributed by atoms with Gasteiger partial charge in [0.1, 0.15) is 11.5 Å². The number of aryl methyl sites for hydroxylation is 1. The fourth-order valence-corrected chi connectivity index (χ4v) is 3.99. The summed E-state index contributed by atoms with van der Waals surface area (Å²) in [4.78, 5) is 25.4. The first-order valence-electron chi connectivity index (χ1n) is 8.14. The Hall–Kier alpha value is -2.54. The molecule has 1 aromatic carbocycles. The third-order valence-electron chi connectivity index (χ3n) is 4.28. The number of rotatable bonds is 2. The molecule has 1 aliphatic heterocycles. The number of benzene rings is 1. The highest BCUT2D eigenvalue weighted by Crippen LogP contribution is 2.30. The van der Waals surface area contributed by atoms with Gasteiger partial charge in [0.2, 0.25) is 0 Å². The molecule has 1 saturated heterocycles. The Kier molecular flexibility index (Phi) is 4.09. The smallest absolute Gasteiger partial charge is 0.272 e. The van der Waals surface area contributed by atoms with Gasteiger partial charge < -0.3 is 9.80 Å². The molecule has 1 amide bonds. The fourth-order valence-electron chi connectivity index (χ4n) is 2.95. The van der Waals surface area contributed by atoms with Crippen molar-refractivity contribution < 1.29 is 9.18 Å². The number of fused-ring (bicyclic) bond motifs is 1. The van der Waals surface area contributed by atoms with E-state index in [2.05, 4.69) is 14.9 Å².